The van der Waals surface area contributed by atoms with Gasteiger partial charge in [-0.15, -0.1) is 0 Å². The molecule has 6 heteroatoms. The predicted molar refractivity (Wildman–Crippen MR) is 114 cm³/mol. The van der Waals surface area contributed by atoms with Gasteiger partial charge in [0.15, 0.2) is 29.1 Å². The lowest BCUT2D eigenvalue weighted by Gasteiger charge is -2.11. The molecular formula is C26H19F5O. The summed E-state index contributed by atoms with van der Waals surface area (Å²) < 4.78 is 74.7. The zero-order valence-electron chi connectivity index (χ0n) is 17.2. The van der Waals surface area contributed by atoms with Crippen LogP contribution in [0.25, 0.3) is 21.9 Å². The number of benzene rings is 4. The Balaban J connectivity index is 1.57. The van der Waals surface area contributed by atoms with E-state index in [0.29, 0.717) is 16.7 Å². The van der Waals surface area contributed by atoms with E-state index in [0.717, 1.165) is 30.5 Å². The molecular weight excluding hydrogens is 423 g/mol. The molecule has 4 aromatic carbocycles. The molecule has 4 rings (SSSR count). The Kier molecular flexibility index (Phi) is 6.12. The largest absolute Gasteiger partial charge is 0.489 e. The van der Waals surface area contributed by atoms with Crippen molar-refractivity contribution in [1.82, 2.24) is 0 Å². The van der Waals surface area contributed by atoms with Gasteiger partial charge in [-0.25, -0.2) is 22.0 Å². The highest BCUT2D eigenvalue weighted by Crippen LogP contribution is 2.32. The number of halogens is 5. The number of aryl methyl sites for hydroxylation is 1. The van der Waals surface area contributed by atoms with Crippen LogP contribution in [-0.4, -0.2) is 0 Å². The lowest BCUT2D eigenvalue weighted by atomic mass is 9.97. The first-order chi connectivity index (χ1) is 15.4. The molecule has 0 spiro atoms. The quantitative estimate of drug-likeness (QED) is 0.219. The molecule has 0 unspecified atom stereocenters. The van der Waals surface area contributed by atoms with Gasteiger partial charge in [0.25, 0.3) is 0 Å². The molecule has 0 saturated carbocycles. The van der Waals surface area contributed by atoms with Crippen LogP contribution in [0.3, 0.4) is 0 Å². The van der Waals surface area contributed by atoms with Crippen molar-refractivity contribution in [3.05, 3.63) is 101 Å². The highest BCUT2D eigenvalue weighted by molar-refractivity contribution is 5.89. The Morgan fingerprint density at radius 1 is 0.688 bits per heavy atom. The number of hydrogen-bond acceptors (Lipinski definition) is 1. The summed E-state index contributed by atoms with van der Waals surface area (Å²) in [6.07, 6.45) is 1.70. The molecule has 0 aliphatic carbocycles. The zero-order chi connectivity index (χ0) is 22.8. The SMILES string of the molecule is CCCc1ccc2cc(-c3ccc(OCc4cc(F)c(F)c(F)c4)cc3)c(F)c(F)c2c1. The Labute approximate surface area is 182 Å². The minimum Gasteiger partial charge on any atom is -0.489 e. The van der Waals surface area contributed by atoms with Crippen molar-refractivity contribution in [1.29, 1.82) is 0 Å². The van der Waals surface area contributed by atoms with Crippen molar-refractivity contribution in [2.45, 2.75) is 26.4 Å². The van der Waals surface area contributed by atoms with Gasteiger partial charge < -0.3 is 4.74 Å². The average Bonchev–Trinajstić information content (AvgIpc) is 2.79. The minimum atomic E-state index is -1.54. The number of rotatable bonds is 6. The average molecular weight is 442 g/mol. The summed E-state index contributed by atoms with van der Waals surface area (Å²) in [7, 11) is 0. The first kappa shape index (κ1) is 21.8. The smallest absolute Gasteiger partial charge is 0.194 e. The summed E-state index contributed by atoms with van der Waals surface area (Å²) in [4.78, 5) is 0. The van der Waals surface area contributed by atoms with Gasteiger partial charge in [0.1, 0.15) is 12.4 Å². The fourth-order valence-electron chi connectivity index (χ4n) is 3.62. The van der Waals surface area contributed by atoms with Crippen molar-refractivity contribution >= 4 is 10.8 Å². The van der Waals surface area contributed by atoms with Crippen molar-refractivity contribution in [2.75, 3.05) is 0 Å². The third-order valence-electron chi connectivity index (χ3n) is 5.24. The van der Waals surface area contributed by atoms with E-state index in [4.69, 9.17) is 4.74 Å². The Morgan fingerprint density at radius 3 is 2.03 bits per heavy atom. The van der Waals surface area contributed by atoms with Gasteiger partial charge in [-0.1, -0.05) is 37.6 Å². The number of fused-ring (bicyclic) bond motifs is 1. The highest BCUT2D eigenvalue weighted by atomic mass is 19.2. The molecule has 0 N–H and O–H groups in total. The van der Waals surface area contributed by atoms with E-state index in [1.807, 2.05) is 13.0 Å². The molecule has 0 aromatic heterocycles. The van der Waals surface area contributed by atoms with Crippen LogP contribution in [0.1, 0.15) is 24.5 Å². The second-order valence-corrected chi connectivity index (χ2v) is 7.54. The van der Waals surface area contributed by atoms with Crippen molar-refractivity contribution in [2.24, 2.45) is 0 Å². The van der Waals surface area contributed by atoms with Gasteiger partial charge >= 0.3 is 0 Å². The molecule has 164 valence electrons. The lowest BCUT2D eigenvalue weighted by molar-refractivity contribution is 0.303. The van der Waals surface area contributed by atoms with E-state index in [-0.39, 0.29) is 23.1 Å². The molecule has 1 nitrogen and oxygen atoms in total. The summed E-state index contributed by atoms with van der Waals surface area (Å²) in [5.41, 5.74) is 1.64. The maximum atomic E-state index is 14.8. The molecule has 0 heterocycles. The molecule has 0 aliphatic heterocycles. The van der Waals surface area contributed by atoms with E-state index < -0.39 is 29.1 Å². The minimum absolute atomic E-state index is 0.118. The van der Waals surface area contributed by atoms with Gasteiger partial charge in [0.05, 0.1) is 0 Å². The molecule has 4 aromatic rings. The van der Waals surface area contributed by atoms with Crippen molar-refractivity contribution < 1.29 is 26.7 Å². The van der Waals surface area contributed by atoms with E-state index in [9.17, 15) is 22.0 Å². The van der Waals surface area contributed by atoms with Gasteiger partial charge in [-0.05, 0) is 64.9 Å². The molecule has 0 fully saturated rings. The van der Waals surface area contributed by atoms with Gasteiger partial charge in [-0.3, -0.25) is 0 Å². The van der Waals surface area contributed by atoms with Gasteiger partial charge in [0, 0.05) is 10.9 Å². The molecule has 0 atom stereocenters. The van der Waals surface area contributed by atoms with Gasteiger partial charge in [0.2, 0.25) is 0 Å². The second kappa shape index (κ2) is 8.99. The molecule has 0 radical (unpaired) electrons. The van der Waals surface area contributed by atoms with E-state index in [1.54, 1.807) is 30.3 Å². The standard InChI is InChI=1S/C26H19F5O/c1-2-3-15-4-5-18-13-21(25(30)24(29)20(18)10-15)17-6-8-19(9-7-17)32-14-16-11-22(27)26(31)23(28)12-16/h4-13H,2-3,14H2,1H3. The third-order valence-corrected chi connectivity index (χ3v) is 5.24. The summed E-state index contributed by atoms with van der Waals surface area (Å²) in [6, 6.07) is 14.9. The molecule has 0 aliphatic rings. The highest BCUT2D eigenvalue weighted by Gasteiger charge is 2.16. The maximum Gasteiger partial charge on any atom is 0.194 e. The molecule has 0 saturated heterocycles. The van der Waals surface area contributed by atoms with Gasteiger partial charge in [-0.2, -0.15) is 0 Å². The fraction of sp³-hybridized carbons (Fsp3) is 0.154. The molecule has 32 heavy (non-hydrogen) atoms. The summed E-state index contributed by atoms with van der Waals surface area (Å²) in [5.74, 6) is -5.61. The van der Waals surface area contributed by atoms with Crippen LogP contribution in [0.4, 0.5) is 22.0 Å². The van der Waals surface area contributed by atoms with Crippen LogP contribution in [0.15, 0.2) is 60.7 Å². The van der Waals surface area contributed by atoms with Crippen LogP contribution in [0.5, 0.6) is 5.75 Å². The first-order valence-electron chi connectivity index (χ1n) is 10.1. The van der Waals surface area contributed by atoms with Crippen molar-refractivity contribution in [3.63, 3.8) is 0 Å². The second-order valence-electron chi connectivity index (χ2n) is 7.54. The van der Waals surface area contributed by atoms with E-state index in [2.05, 4.69) is 0 Å². The first-order valence-corrected chi connectivity index (χ1v) is 10.1. The predicted octanol–water partition coefficient (Wildman–Crippen LogP) is 7.73. The maximum absolute atomic E-state index is 14.8. The summed E-state index contributed by atoms with van der Waals surface area (Å²) in [5, 5.41) is 0.843. The van der Waals surface area contributed by atoms with E-state index >= 15 is 0 Å². The Morgan fingerprint density at radius 2 is 1.38 bits per heavy atom. The zero-order valence-corrected chi connectivity index (χ0v) is 17.2. The van der Waals surface area contributed by atoms with Crippen LogP contribution in [0, 0.1) is 29.1 Å². The molecule has 0 amide bonds. The Bertz CT molecular complexity index is 1260. The van der Waals surface area contributed by atoms with Crippen LogP contribution in [-0.2, 0) is 13.0 Å². The number of ether oxygens (including phenoxy) is 1. The third kappa shape index (κ3) is 4.31. The van der Waals surface area contributed by atoms with E-state index in [1.165, 1.54) is 12.1 Å². The number of hydrogen-bond donors (Lipinski definition) is 0. The topological polar surface area (TPSA) is 9.23 Å². The monoisotopic (exact) mass is 442 g/mol. The van der Waals surface area contributed by atoms with Crippen LogP contribution >= 0.6 is 0 Å². The Hall–Kier alpha value is -3.41. The van der Waals surface area contributed by atoms with Crippen LogP contribution in [0.2, 0.25) is 0 Å². The summed E-state index contributed by atoms with van der Waals surface area (Å²) in [6.45, 7) is 1.83. The summed E-state index contributed by atoms with van der Waals surface area (Å²) >= 11 is 0. The lowest BCUT2D eigenvalue weighted by Crippen LogP contribution is -2.00. The van der Waals surface area contributed by atoms with Crippen LogP contribution < -0.4 is 4.74 Å². The molecule has 0 bridgehead atoms. The normalized spacial score (nSPS) is 11.2. The van der Waals surface area contributed by atoms with Crippen molar-refractivity contribution in [3.8, 4) is 16.9 Å². The fourth-order valence-corrected chi connectivity index (χ4v) is 3.62.